The summed E-state index contributed by atoms with van der Waals surface area (Å²) < 4.78 is 26.4. The highest BCUT2D eigenvalue weighted by Gasteiger charge is 2.09. The smallest absolute Gasteiger partial charge is 0.244 e. The normalized spacial score (nSPS) is 11.2. The Morgan fingerprint density at radius 1 is 1.13 bits per heavy atom. The summed E-state index contributed by atoms with van der Waals surface area (Å²) in [7, 11) is 1.88. The van der Waals surface area contributed by atoms with Crippen LogP contribution in [0.25, 0.3) is 17.1 Å². The van der Waals surface area contributed by atoms with Crippen LogP contribution in [0.4, 0.5) is 4.39 Å². The lowest BCUT2D eigenvalue weighted by Crippen LogP contribution is -2.24. The van der Waals surface area contributed by atoms with Gasteiger partial charge in [0.1, 0.15) is 11.6 Å². The lowest BCUT2D eigenvalue weighted by atomic mass is 10.2. The molecule has 3 rings (SSSR count). The number of amides is 1. The molecule has 2 aromatic carbocycles. The van der Waals surface area contributed by atoms with Gasteiger partial charge in [0.2, 0.25) is 5.91 Å². The molecule has 0 fully saturated rings. The Labute approximate surface area is 175 Å². The van der Waals surface area contributed by atoms with Crippen LogP contribution in [0.5, 0.6) is 11.5 Å². The van der Waals surface area contributed by atoms with Crippen LogP contribution < -0.4 is 14.8 Å². The number of nitrogens with one attached hydrogen (secondary N) is 1. The quantitative estimate of drug-likeness (QED) is 0.543. The average molecular weight is 411 g/mol. The molecule has 0 atom stereocenters. The highest BCUT2D eigenvalue weighted by atomic mass is 19.1. The van der Waals surface area contributed by atoms with Crippen LogP contribution in [0.1, 0.15) is 25.2 Å². The van der Waals surface area contributed by atoms with Gasteiger partial charge in [0.15, 0.2) is 11.5 Å². The fourth-order valence-corrected chi connectivity index (χ4v) is 3.15. The Morgan fingerprint density at radius 3 is 2.67 bits per heavy atom. The van der Waals surface area contributed by atoms with Gasteiger partial charge in [-0.2, -0.15) is 0 Å². The molecular weight excluding hydrogens is 385 g/mol. The van der Waals surface area contributed by atoms with Gasteiger partial charge in [-0.05, 0) is 49.8 Å². The zero-order chi connectivity index (χ0) is 21.5. The molecule has 0 aliphatic carbocycles. The fourth-order valence-electron chi connectivity index (χ4n) is 3.15. The predicted octanol–water partition coefficient (Wildman–Crippen LogP) is 3.88. The summed E-state index contributed by atoms with van der Waals surface area (Å²) >= 11 is 0. The molecule has 0 aliphatic heterocycles. The zero-order valence-electron chi connectivity index (χ0n) is 17.4. The largest absolute Gasteiger partial charge is 0.490 e. The van der Waals surface area contributed by atoms with Gasteiger partial charge in [0, 0.05) is 32.2 Å². The van der Waals surface area contributed by atoms with Crippen molar-refractivity contribution >= 4 is 23.0 Å². The van der Waals surface area contributed by atoms with Crippen LogP contribution in [0.15, 0.2) is 42.5 Å². The molecular formula is C23H26FN3O3. The van der Waals surface area contributed by atoms with Gasteiger partial charge in [-0.3, -0.25) is 4.79 Å². The molecule has 7 heteroatoms. The number of rotatable bonds is 9. The number of aryl methyl sites for hydroxylation is 1. The summed E-state index contributed by atoms with van der Waals surface area (Å²) in [5, 5.41) is 2.85. The van der Waals surface area contributed by atoms with Crippen molar-refractivity contribution in [2.24, 2.45) is 7.05 Å². The van der Waals surface area contributed by atoms with Gasteiger partial charge < -0.3 is 19.4 Å². The number of hydrogen-bond acceptors (Lipinski definition) is 4. The number of ether oxygens (including phenoxy) is 2. The Kier molecular flexibility index (Phi) is 7.06. The molecule has 0 aliphatic rings. The molecule has 1 amide bonds. The summed E-state index contributed by atoms with van der Waals surface area (Å²) in [5.41, 5.74) is 2.31. The van der Waals surface area contributed by atoms with E-state index in [0.29, 0.717) is 43.2 Å². The minimum Gasteiger partial charge on any atom is -0.490 e. The predicted molar refractivity (Wildman–Crippen MR) is 115 cm³/mol. The summed E-state index contributed by atoms with van der Waals surface area (Å²) in [5.74, 6) is 1.61. The number of aromatic nitrogens is 2. The highest BCUT2D eigenvalue weighted by Crippen LogP contribution is 2.29. The Bertz CT molecular complexity index is 1060. The third-order valence-electron chi connectivity index (χ3n) is 4.58. The van der Waals surface area contributed by atoms with E-state index < -0.39 is 0 Å². The van der Waals surface area contributed by atoms with Crippen molar-refractivity contribution in [2.45, 2.75) is 20.3 Å². The third-order valence-corrected chi connectivity index (χ3v) is 4.58. The van der Waals surface area contributed by atoms with Crippen molar-refractivity contribution in [1.29, 1.82) is 0 Å². The number of carbonyl (C=O) groups excluding carboxylic acids is 1. The van der Waals surface area contributed by atoms with Crippen LogP contribution in [-0.4, -0.2) is 35.2 Å². The van der Waals surface area contributed by atoms with Crippen LogP contribution >= 0.6 is 0 Å². The fraction of sp³-hybridized carbons (Fsp3) is 0.304. The van der Waals surface area contributed by atoms with E-state index in [-0.39, 0.29) is 11.7 Å². The first kappa shape index (κ1) is 21.4. The van der Waals surface area contributed by atoms with Gasteiger partial charge in [-0.25, -0.2) is 9.37 Å². The molecule has 0 saturated heterocycles. The first-order valence-corrected chi connectivity index (χ1v) is 9.98. The summed E-state index contributed by atoms with van der Waals surface area (Å²) in [6.07, 6.45) is 3.76. The van der Waals surface area contributed by atoms with E-state index in [1.165, 1.54) is 18.2 Å². The number of imidazole rings is 1. The highest BCUT2D eigenvalue weighted by molar-refractivity contribution is 5.91. The van der Waals surface area contributed by atoms with E-state index in [0.717, 1.165) is 16.9 Å². The Balaban J connectivity index is 1.57. The van der Waals surface area contributed by atoms with Gasteiger partial charge in [-0.15, -0.1) is 0 Å². The molecule has 3 aromatic rings. The zero-order valence-corrected chi connectivity index (χ0v) is 17.4. The van der Waals surface area contributed by atoms with E-state index in [1.54, 1.807) is 12.1 Å². The van der Waals surface area contributed by atoms with E-state index in [2.05, 4.69) is 10.3 Å². The molecule has 0 saturated carbocycles. The average Bonchev–Trinajstić information content (AvgIpc) is 3.03. The maximum atomic E-state index is 13.4. The van der Waals surface area contributed by atoms with E-state index in [1.807, 2.05) is 43.7 Å². The number of hydrogen-bond donors (Lipinski definition) is 1. The van der Waals surface area contributed by atoms with Crippen molar-refractivity contribution in [1.82, 2.24) is 14.9 Å². The van der Waals surface area contributed by atoms with Crippen molar-refractivity contribution in [2.75, 3.05) is 19.8 Å². The van der Waals surface area contributed by atoms with Crippen molar-refractivity contribution in [3.05, 3.63) is 59.7 Å². The standard InChI is InChI=1S/C23H26FN3O3/c1-4-29-20-10-6-16(14-21(20)30-5-2)7-11-23(28)25-13-12-22-26-18-15-17(24)8-9-19(18)27(22)3/h6-11,14-15H,4-5,12-13H2,1-3H3,(H,25,28). The topological polar surface area (TPSA) is 65.4 Å². The van der Waals surface area contributed by atoms with Crippen molar-refractivity contribution in [3.8, 4) is 11.5 Å². The summed E-state index contributed by atoms with van der Waals surface area (Å²) in [4.78, 5) is 16.6. The van der Waals surface area contributed by atoms with Crippen molar-refractivity contribution in [3.63, 3.8) is 0 Å². The second kappa shape index (κ2) is 9.91. The van der Waals surface area contributed by atoms with Crippen LogP contribution in [0, 0.1) is 5.82 Å². The van der Waals surface area contributed by atoms with Gasteiger partial charge in [0.25, 0.3) is 0 Å². The maximum absolute atomic E-state index is 13.4. The first-order valence-electron chi connectivity index (χ1n) is 9.98. The van der Waals surface area contributed by atoms with Crippen LogP contribution in [0.2, 0.25) is 0 Å². The second-order valence-electron chi connectivity index (χ2n) is 6.67. The lowest BCUT2D eigenvalue weighted by molar-refractivity contribution is -0.116. The molecule has 0 unspecified atom stereocenters. The maximum Gasteiger partial charge on any atom is 0.244 e. The third kappa shape index (κ3) is 5.17. The molecule has 158 valence electrons. The number of nitrogens with zero attached hydrogens (tertiary/aromatic N) is 2. The monoisotopic (exact) mass is 411 g/mol. The number of fused-ring (bicyclic) bond motifs is 1. The number of benzene rings is 2. The molecule has 0 radical (unpaired) electrons. The van der Waals surface area contributed by atoms with E-state index in [9.17, 15) is 9.18 Å². The molecule has 0 spiro atoms. The Morgan fingerprint density at radius 2 is 1.90 bits per heavy atom. The first-order chi connectivity index (χ1) is 14.5. The summed E-state index contributed by atoms with van der Waals surface area (Å²) in [6, 6.07) is 10.1. The minimum absolute atomic E-state index is 0.202. The molecule has 1 aromatic heterocycles. The number of halogens is 1. The molecule has 30 heavy (non-hydrogen) atoms. The van der Waals surface area contributed by atoms with Crippen molar-refractivity contribution < 1.29 is 18.7 Å². The molecule has 6 nitrogen and oxygen atoms in total. The van der Waals surface area contributed by atoms with E-state index in [4.69, 9.17) is 9.47 Å². The molecule has 0 bridgehead atoms. The summed E-state index contributed by atoms with van der Waals surface area (Å²) in [6.45, 7) is 5.34. The Hall–Kier alpha value is -3.35. The second-order valence-corrected chi connectivity index (χ2v) is 6.67. The number of carbonyl (C=O) groups is 1. The van der Waals surface area contributed by atoms with Gasteiger partial charge >= 0.3 is 0 Å². The van der Waals surface area contributed by atoms with E-state index >= 15 is 0 Å². The van der Waals surface area contributed by atoms with Crippen LogP contribution in [0.3, 0.4) is 0 Å². The minimum atomic E-state index is -0.313. The lowest BCUT2D eigenvalue weighted by Gasteiger charge is -2.11. The molecule has 1 N–H and O–H groups in total. The van der Waals surface area contributed by atoms with Gasteiger partial charge in [-0.1, -0.05) is 6.07 Å². The van der Waals surface area contributed by atoms with Crippen LogP contribution in [-0.2, 0) is 18.3 Å². The van der Waals surface area contributed by atoms with Gasteiger partial charge in [0.05, 0.1) is 24.2 Å². The SMILES string of the molecule is CCOc1ccc(C=CC(=O)NCCc2nc3cc(F)ccc3n2C)cc1OCC. The molecule has 1 heterocycles.